The first-order chi connectivity index (χ1) is 10.1. The number of rotatable bonds is 6. The maximum absolute atomic E-state index is 13.2. The second kappa shape index (κ2) is 7.69. The molecule has 0 aliphatic rings. The number of ether oxygens (including phenoxy) is 1. The Kier molecular flexibility index (Phi) is 5.91. The summed E-state index contributed by atoms with van der Waals surface area (Å²) in [4.78, 5) is 0.899. The van der Waals surface area contributed by atoms with Crippen molar-refractivity contribution >= 4 is 23.4 Å². The van der Waals surface area contributed by atoms with E-state index in [1.807, 2.05) is 25.2 Å². The Morgan fingerprint density at radius 2 is 2.10 bits per heavy atom. The summed E-state index contributed by atoms with van der Waals surface area (Å²) in [5, 5.41) is 3.92. The van der Waals surface area contributed by atoms with E-state index in [4.69, 9.17) is 16.3 Å². The minimum absolute atomic E-state index is 0.0620. The highest BCUT2D eigenvalue weighted by Crippen LogP contribution is 2.32. The van der Waals surface area contributed by atoms with E-state index in [2.05, 4.69) is 5.32 Å². The molecule has 0 saturated heterocycles. The van der Waals surface area contributed by atoms with Crippen LogP contribution < -0.4 is 10.1 Å². The van der Waals surface area contributed by atoms with Gasteiger partial charge in [-0.25, -0.2) is 4.39 Å². The van der Waals surface area contributed by atoms with Gasteiger partial charge in [0, 0.05) is 27.3 Å². The molecule has 0 heterocycles. The van der Waals surface area contributed by atoms with Crippen molar-refractivity contribution in [1.82, 2.24) is 5.32 Å². The predicted octanol–water partition coefficient (Wildman–Crippen LogP) is 4.54. The molecular weight excluding hydrogens is 309 g/mol. The topological polar surface area (TPSA) is 21.3 Å². The highest BCUT2D eigenvalue weighted by Gasteiger charge is 2.15. The quantitative estimate of drug-likeness (QED) is 0.788. The van der Waals surface area contributed by atoms with Crippen LogP contribution in [0, 0.1) is 5.82 Å². The summed E-state index contributed by atoms with van der Waals surface area (Å²) < 4.78 is 18.6. The second-order valence-corrected chi connectivity index (χ2v) is 6.03. The minimum Gasteiger partial charge on any atom is -0.496 e. The first-order valence-electron chi connectivity index (χ1n) is 6.53. The molecule has 1 atom stereocenters. The average molecular weight is 326 g/mol. The monoisotopic (exact) mass is 325 g/mol. The Bertz CT molecular complexity index is 609. The predicted molar refractivity (Wildman–Crippen MR) is 86.9 cm³/mol. The average Bonchev–Trinajstić information content (AvgIpc) is 2.48. The van der Waals surface area contributed by atoms with Gasteiger partial charge in [0.05, 0.1) is 7.11 Å². The lowest BCUT2D eigenvalue weighted by atomic mass is 10.1. The zero-order valence-electron chi connectivity index (χ0n) is 11.9. The van der Waals surface area contributed by atoms with Gasteiger partial charge in [0.15, 0.2) is 0 Å². The Labute approximate surface area is 133 Å². The van der Waals surface area contributed by atoms with Crippen LogP contribution in [0.4, 0.5) is 4.39 Å². The fourth-order valence-corrected chi connectivity index (χ4v) is 3.30. The smallest absolute Gasteiger partial charge is 0.124 e. The lowest BCUT2D eigenvalue weighted by molar-refractivity contribution is 0.404. The van der Waals surface area contributed by atoms with Crippen molar-refractivity contribution in [3.8, 4) is 5.75 Å². The summed E-state index contributed by atoms with van der Waals surface area (Å²) in [5.74, 6) is 1.32. The van der Waals surface area contributed by atoms with Crippen molar-refractivity contribution in [2.75, 3.05) is 19.9 Å². The summed E-state index contributed by atoms with van der Waals surface area (Å²) in [6, 6.07) is 12.2. The van der Waals surface area contributed by atoms with Gasteiger partial charge in [-0.3, -0.25) is 0 Å². The zero-order chi connectivity index (χ0) is 15.2. The molecule has 21 heavy (non-hydrogen) atoms. The Morgan fingerprint density at radius 1 is 1.29 bits per heavy atom. The standard InChI is InChI=1S/C16H17ClFNOS/c1-19-15(10-21-13-5-3-4-12(18)9-13)14-8-11(17)6-7-16(14)20-2/h3-9,15,19H,10H2,1-2H3. The molecule has 2 nitrogen and oxygen atoms in total. The summed E-state index contributed by atoms with van der Waals surface area (Å²) in [6.07, 6.45) is 0. The van der Waals surface area contributed by atoms with Crippen LogP contribution in [-0.4, -0.2) is 19.9 Å². The second-order valence-electron chi connectivity index (χ2n) is 4.50. The van der Waals surface area contributed by atoms with Gasteiger partial charge in [0.25, 0.3) is 0 Å². The highest BCUT2D eigenvalue weighted by molar-refractivity contribution is 7.99. The van der Waals surface area contributed by atoms with Crippen molar-refractivity contribution in [3.05, 3.63) is 58.9 Å². The van der Waals surface area contributed by atoms with Crippen molar-refractivity contribution < 1.29 is 9.13 Å². The summed E-state index contributed by atoms with van der Waals surface area (Å²) >= 11 is 7.66. The molecule has 0 aromatic heterocycles. The molecule has 1 N–H and O–H groups in total. The molecule has 112 valence electrons. The number of benzene rings is 2. The van der Waals surface area contributed by atoms with Crippen LogP contribution in [0.25, 0.3) is 0 Å². The Morgan fingerprint density at radius 3 is 2.76 bits per heavy atom. The van der Waals surface area contributed by atoms with Crippen LogP contribution in [0.5, 0.6) is 5.75 Å². The molecule has 2 aromatic carbocycles. The molecule has 0 saturated carbocycles. The van der Waals surface area contributed by atoms with Gasteiger partial charge in [0.1, 0.15) is 11.6 Å². The van der Waals surface area contributed by atoms with E-state index in [-0.39, 0.29) is 11.9 Å². The van der Waals surface area contributed by atoms with Crippen LogP contribution in [0.15, 0.2) is 47.4 Å². The highest BCUT2D eigenvalue weighted by atomic mass is 35.5. The molecule has 5 heteroatoms. The van der Waals surface area contributed by atoms with E-state index in [0.717, 1.165) is 22.0 Å². The fraction of sp³-hybridized carbons (Fsp3) is 0.250. The summed E-state index contributed by atoms with van der Waals surface area (Å²) in [5.41, 5.74) is 0.997. The third-order valence-corrected chi connectivity index (χ3v) is 4.45. The maximum Gasteiger partial charge on any atom is 0.124 e. The van der Waals surface area contributed by atoms with E-state index in [1.165, 1.54) is 12.1 Å². The third-order valence-electron chi connectivity index (χ3n) is 3.13. The SMILES string of the molecule is CNC(CSc1cccc(F)c1)c1cc(Cl)ccc1OC. The van der Waals surface area contributed by atoms with Crippen LogP contribution in [-0.2, 0) is 0 Å². The van der Waals surface area contributed by atoms with Gasteiger partial charge < -0.3 is 10.1 Å². The molecule has 0 spiro atoms. The number of thioether (sulfide) groups is 1. The van der Waals surface area contributed by atoms with Gasteiger partial charge in [-0.2, -0.15) is 0 Å². The van der Waals surface area contributed by atoms with E-state index in [0.29, 0.717) is 5.02 Å². The first-order valence-corrected chi connectivity index (χ1v) is 7.89. The molecule has 0 aliphatic carbocycles. The van der Waals surface area contributed by atoms with Gasteiger partial charge >= 0.3 is 0 Å². The molecule has 1 unspecified atom stereocenters. The van der Waals surface area contributed by atoms with Gasteiger partial charge in [-0.1, -0.05) is 17.7 Å². The van der Waals surface area contributed by atoms with Crippen molar-refractivity contribution in [2.24, 2.45) is 0 Å². The van der Waals surface area contributed by atoms with E-state index < -0.39 is 0 Å². The van der Waals surface area contributed by atoms with E-state index in [1.54, 1.807) is 31.0 Å². The third kappa shape index (κ3) is 4.37. The molecule has 0 amide bonds. The van der Waals surface area contributed by atoms with Crippen molar-refractivity contribution in [1.29, 1.82) is 0 Å². The van der Waals surface area contributed by atoms with Crippen LogP contribution in [0.1, 0.15) is 11.6 Å². The van der Waals surface area contributed by atoms with Gasteiger partial charge in [0.2, 0.25) is 0 Å². The summed E-state index contributed by atoms with van der Waals surface area (Å²) in [6.45, 7) is 0. The number of halogens is 2. The first kappa shape index (κ1) is 16.1. The van der Waals surface area contributed by atoms with Crippen LogP contribution >= 0.6 is 23.4 Å². The van der Waals surface area contributed by atoms with Gasteiger partial charge in [-0.15, -0.1) is 11.8 Å². The van der Waals surface area contributed by atoms with Crippen LogP contribution in [0.2, 0.25) is 5.02 Å². The Balaban J connectivity index is 2.15. The maximum atomic E-state index is 13.2. The summed E-state index contributed by atoms with van der Waals surface area (Å²) in [7, 11) is 3.52. The van der Waals surface area contributed by atoms with Crippen LogP contribution in [0.3, 0.4) is 0 Å². The minimum atomic E-state index is -0.221. The molecular formula is C16H17ClFNOS. The van der Waals surface area contributed by atoms with E-state index >= 15 is 0 Å². The molecule has 2 aromatic rings. The van der Waals surface area contributed by atoms with Crippen molar-refractivity contribution in [2.45, 2.75) is 10.9 Å². The molecule has 0 fully saturated rings. The largest absolute Gasteiger partial charge is 0.496 e. The fourth-order valence-electron chi connectivity index (χ4n) is 2.04. The van der Waals surface area contributed by atoms with Crippen molar-refractivity contribution in [3.63, 3.8) is 0 Å². The number of hydrogen-bond donors (Lipinski definition) is 1. The number of nitrogens with one attached hydrogen (secondary N) is 1. The normalized spacial score (nSPS) is 12.2. The lowest BCUT2D eigenvalue weighted by Gasteiger charge is -2.19. The number of methoxy groups -OCH3 is 1. The Hall–Kier alpha value is -1.23. The molecule has 0 radical (unpaired) electrons. The lowest BCUT2D eigenvalue weighted by Crippen LogP contribution is -2.19. The molecule has 2 rings (SSSR count). The van der Waals surface area contributed by atoms with Gasteiger partial charge in [-0.05, 0) is 43.4 Å². The molecule has 0 bridgehead atoms. The molecule has 0 aliphatic heterocycles. The number of hydrogen-bond acceptors (Lipinski definition) is 3. The van der Waals surface area contributed by atoms with E-state index in [9.17, 15) is 4.39 Å². The zero-order valence-corrected chi connectivity index (χ0v) is 13.5.